The van der Waals surface area contributed by atoms with Crippen LogP contribution in [-0.4, -0.2) is 63.2 Å². The van der Waals surface area contributed by atoms with Crippen LogP contribution in [0.4, 0.5) is 5.82 Å². The predicted molar refractivity (Wildman–Crippen MR) is 114 cm³/mol. The minimum Gasteiger partial charge on any atom is -0.312 e. The highest BCUT2D eigenvalue weighted by Gasteiger charge is 2.24. The molecule has 0 unspecified atom stereocenters. The maximum absolute atomic E-state index is 6.26. The third-order valence-electron chi connectivity index (χ3n) is 6.21. The first-order valence-corrected chi connectivity index (χ1v) is 11.0. The van der Waals surface area contributed by atoms with Gasteiger partial charge in [-0.15, -0.1) is 0 Å². The van der Waals surface area contributed by atoms with Crippen LogP contribution in [0.3, 0.4) is 0 Å². The van der Waals surface area contributed by atoms with Crippen LogP contribution in [0.1, 0.15) is 57.4 Å². The van der Waals surface area contributed by atoms with Gasteiger partial charge >= 0.3 is 0 Å². The number of nitrogens with one attached hydrogen (secondary N) is 1. The lowest BCUT2D eigenvalue weighted by Gasteiger charge is -2.32. The largest absolute Gasteiger partial charge is 0.312 e. The van der Waals surface area contributed by atoms with Crippen LogP contribution in [-0.2, 0) is 0 Å². The summed E-state index contributed by atoms with van der Waals surface area (Å²) < 4.78 is 2.19. The topological polar surface area (TPSA) is 62.1 Å². The van der Waals surface area contributed by atoms with Gasteiger partial charge in [-0.05, 0) is 76.7 Å². The molecule has 4 rings (SSSR count). The molecule has 154 valence electrons. The second-order valence-corrected chi connectivity index (χ2v) is 8.93. The van der Waals surface area contributed by atoms with E-state index in [-0.39, 0.29) is 5.28 Å². The number of hydrogen-bond acceptors (Lipinski definition) is 6. The Bertz CT molecular complexity index is 776. The van der Waals surface area contributed by atoms with Crippen molar-refractivity contribution in [2.75, 3.05) is 39.2 Å². The molecular weight excluding hydrogens is 374 g/mol. The molecule has 0 radical (unpaired) electrons. The Kier molecular flexibility index (Phi) is 6.33. The van der Waals surface area contributed by atoms with Crippen LogP contribution in [0.25, 0.3) is 11.2 Å². The fourth-order valence-electron chi connectivity index (χ4n) is 4.60. The fraction of sp³-hybridized carbons (Fsp3) is 0.750. The number of piperidine rings is 1. The second-order valence-electron chi connectivity index (χ2n) is 8.59. The second kappa shape index (κ2) is 8.93. The third-order valence-corrected chi connectivity index (χ3v) is 6.38. The first-order chi connectivity index (χ1) is 13.6. The molecule has 0 aromatic carbocycles. The van der Waals surface area contributed by atoms with E-state index in [9.17, 15) is 0 Å². The molecule has 1 aliphatic heterocycles. The van der Waals surface area contributed by atoms with E-state index in [1.807, 2.05) is 6.33 Å². The van der Waals surface area contributed by atoms with Crippen molar-refractivity contribution in [1.29, 1.82) is 0 Å². The summed E-state index contributed by atoms with van der Waals surface area (Å²) in [7, 11) is 4.29. The zero-order chi connectivity index (χ0) is 19.5. The lowest BCUT2D eigenvalue weighted by atomic mass is 9.93. The van der Waals surface area contributed by atoms with E-state index < -0.39 is 0 Å². The van der Waals surface area contributed by atoms with E-state index in [0.717, 1.165) is 36.0 Å². The van der Waals surface area contributed by atoms with Gasteiger partial charge in [0.05, 0.1) is 6.33 Å². The molecule has 2 aromatic rings. The molecule has 0 bridgehead atoms. The minimum atomic E-state index is 0.285. The molecule has 8 heteroatoms. The fourth-order valence-corrected chi connectivity index (χ4v) is 4.76. The first kappa shape index (κ1) is 19.9. The molecule has 1 saturated heterocycles. The van der Waals surface area contributed by atoms with Gasteiger partial charge in [-0.1, -0.05) is 12.8 Å². The summed E-state index contributed by atoms with van der Waals surface area (Å²) in [5.74, 6) is 1.56. The molecule has 1 aliphatic carbocycles. The van der Waals surface area contributed by atoms with Crippen LogP contribution >= 0.6 is 11.6 Å². The number of anilines is 1. The molecule has 2 aliphatic rings. The number of imidazole rings is 1. The first-order valence-electron chi connectivity index (χ1n) is 10.7. The Morgan fingerprint density at radius 1 is 1.14 bits per heavy atom. The van der Waals surface area contributed by atoms with Gasteiger partial charge in [0.2, 0.25) is 5.28 Å². The Labute approximate surface area is 172 Å². The van der Waals surface area contributed by atoms with E-state index in [2.05, 4.69) is 48.9 Å². The zero-order valence-electron chi connectivity index (χ0n) is 17.1. The summed E-state index contributed by atoms with van der Waals surface area (Å²) >= 11 is 6.26. The number of aromatic nitrogens is 4. The van der Waals surface area contributed by atoms with Gasteiger partial charge in [0.15, 0.2) is 17.0 Å². The maximum atomic E-state index is 6.26. The monoisotopic (exact) mass is 405 g/mol. The van der Waals surface area contributed by atoms with E-state index in [1.54, 1.807) is 0 Å². The Morgan fingerprint density at radius 3 is 2.61 bits per heavy atom. The molecule has 0 atom stereocenters. The molecule has 1 N–H and O–H groups in total. The summed E-state index contributed by atoms with van der Waals surface area (Å²) in [6.07, 6.45) is 11.9. The minimum absolute atomic E-state index is 0.285. The van der Waals surface area contributed by atoms with Crippen molar-refractivity contribution in [2.45, 2.75) is 57.4 Å². The van der Waals surface area contributed by atoms with Gasteiger partial charge in [0.25, 0.3) is 0 Å². The summed E-state index contributed by atoms with van der Waals surface area (Å²) in [6, 6.07) is 0.488. The van der Waals surface area contributed by atoms with Gasteiger partial charge in [-0.3, -0.25) is 0 Å². The van der Waals surface area contributed by atoms with Gasteiger partial charge in [-0.2, -0.15) is 9.97 Å². The normalized spacial score (nSPS) is 19.9. The van der Waals surface area contributed by atoms with Crippen LogP contribution in [0.5, 0.6) is 0 Å². The van der Waals surface area contributed by atoms with E-state index in [4.69, 9.17) is 11.6 Å². The van der Waals surface area contributed by atoms with Crippen LogP contribution in [0.2, 0.25) is 5.28 Å². The van der Waals surface area contributed by atoms with Gasteiger partial charge < -0.3 is 14.9 Å². The zero-order valence-corrected chi connectivity index (χ0v) is 17.8. The molecule has 3 heterocycles. The highest BCUT2D eigenvalue weighted by molar-refractivity contribution is 6.28. The molecule has 0 amide bonds. The average molecular weight is 406 g/mol. The third kappa shape index (κ3) is 4.58. The molecule has 28 heavy (non-hydrogen) atoms. The standard InChI is InChI=1S/C20H32ClN7/c1-26(2)11-5-6-15-9-12-27(13-10-15)25-18-17-19(24-20(21)23-18)28(14-22-17)16-7-3-4-8-16/h14-16H,3-13H2,1-2H3,(H,23,24,25). The molecule has 1 saturated carbocycles. The molecule has 7 nitrogen and oxygen atoms in total. The molecule has 0 spiro atoms. The number of hydrazine groups is 1. The van der Waals surface area contributed by atoms with E-state index in [1.165, 1.54) is 57.9 Å². The summed E-state index contributed by atoms with van der Waals surface area (Å²) in [4.78, 5) is 15.8. The van der Waals surface area contributed by atoms with Gasteiger partial charge in [-0.25, -0.2) is 9.99 Å². The summed E-state index contributed by atoms with van der Waals surface area (Å²) in [5, 5.41) is 2.54. The van der Waals surface area contributed by atoms with Crippen molar-refractivity contribution in [3.05, 3.63) is 11.6 Å². The molecule has 2 fully saturated rings. The Morgan fingerprint density at radius 2 is 1.89 bits per heavy atom. The smallest absolute Gasteiger partial charge is 0.226 e. The van der Waals surface area contributed by atoms with Crippen LogP contribution < -0.4 is 5.43 Å². The summed E-state index contributed by atoms with van der Waals surface area (Å²) in [6.45, 7) is 3.23. The number of halogens is 1. The highest BCUT2D eigenvalue weighted by atomic mass is 35.5. The van der Waals surface area contributed by atoms with Gasteiger partial charge in [0.1, 0.15) is 0 Å². The number of hydrogen-bond donors (Lipinski definition) is 1. The number of rotatable bonds is 7. The molecule has 2 aromatic heterocycles. The lowest BCUT2D eigenvalue weighted by molar-refractivity contribution is 0.204. The lowest BCUT2D eigenvalue weighted by Crippen LogP contribution is -2.38. The quantitative estimate of drug-likeness (QED) is 0.703. The van der Waals surface area contributed by atoms with Crippen molar-refractivity contribution in [2.24, 2.45) is 5.92 Å². The Balaban J connectivity index is 1.40. The maximum Gasteiger partial charge on any atom is 0.226 e. The van der Waals surface area contributed by atoms with Crippen molar-refractivity contribution in [1.82, 2.24) is 29.4 Å². The summed E-state index contributed by atoms with van der Waals surface area (Å²) in [5.41, 5.74) is 5.16. The van der Waals surface area contributed by atoms with E-state index in [0.29, 0.717) is 6.04 Å². The van der Waals surface area contributed by atoms with Crippen molar-refractivity contribution in [3.8, 4) is 0 Å². The SMILES string of the molecule is CN(C)CCCC1CCN(Nc2nc(Cl)nc3c2ncn3C2CCCC2)CC1. The predicted octanol–water partition coefficient (Wildman–Crippen LogP) is 3.98. The Hall–Kier alpha value is -1.44. The highest BCUT2D eigenvalue weighted by Crippen LogP contribution is 2.33. The average Bonchev–Trinajstić information content (AvgIpc) is 3.32. The van der Waals surface area contributed by atoms with Crippen LogP contribution in [0, 0.1) is 5.92 Å². The molecular formula is C20H32ClN7. The van der Waals surface area contributed by atoms with Crippen molar-refractivity contribution in [3.63, 3.8) is 0 Å². The van der Waals surface area contributed by atoms with Gasteiger partial charge in [0, 0.05) is 19.1 Å². The van der Waals surface area contributed by atoms with Crippen molar-refractivity contribution < 1.29 is 0 Å². The van der Waals surface area contributed by atoms with E-state index >= 15 is 0 Å². The van der Waals surface area contributed by atoms with Crippen LogP contribution in [0.15, 0.2) is 6.33 Å². The van der Waals surface area contributed by atoms with Crippen molar-refractivity contribution >= 4 is 28.6 Å². The number of nitrogens with zero attached hydrogens (tertiary/aromatic N) is 6. The number of fused-ring (bicyclic) bond motifs is 1.